The zero-order chi connectivity index (χ0) is 13.8. The van der Waals surface area contributed by atoms with Crippen molar-refractivity contribution < 1.29 is 4.39 Å². The molecule has 1 atom stereocenters. The Hall–Kier alpha value is -1.25. The molecule has 0 fully saturated rings. The molecule has 2 aromatic carbocycles. The molecule has 1 nitrogen and oxygen atoms in total. The van der Waals surface area contributed by atoms with E-state index in [0.717, 1.165) is 12.0 Å². The van der Waals surface area contributed by atoms with E-state index >= 15 is 0 Å². The van der Waals surface area contributed by atoms with Gasteiger partial charge in [-0.15, -0.1) is 0 Å². The van der Waals surface area contributed by atoms with Crippen molar-refractivity contribution in [3.8, 4) is 0 Å². The molecule has 0 saturated heterocycles. The third kappa shape index (κ3) is 3.62. The standard InChI is InChI=1S/C15H14Cl2FN/c1-2-14(10-3-5-11(16)6-4-10)19-15-9-12(17)7-8-13(15)18/h3-9,14,19H,2H2,1H3. The highest BCUT2D eigenvalue weighted by Crippen LogP contribution is 2.27. The predicted octanol–water partition coefficient (Wildman–Crippen LogP) is 5.70. The van der Waals surface area contributed by atoms with E-state index in [1.807, 2.05) is 31.2 Å². The summed E-state index contributed by atoms with van der Waals surface area (Å²) >= 11 is 11.8. The fourth-order valence-corrected chi connectivity index (χ4v) is 2.21. The van der Waals surface area contributed by atoms with E-state index in [2.05, 4.69) is 5.32 Å². The van der Waals surface area contributed by atoms with Crippen LogP contribution in [0.5, 0.6) is 0 Å². The zero-order valence-corrected chi connectivity index (χ0v) is 12.0. The first kappa shape index (κ1) is 14.2. The molecule has 0 aliphatic rings. The number of hydrogen-bond acceptors (Lipinski definition) is 1. The predicted molar refractivity (Wildman–Crippen MR) is 79.5 cm³/mol. The number of anilines is 1. The van der Waals surface area contributed by atoms with Gasteiger partial charge in [0.2, 0.25) is 0 Å². The molecule has 0 amide bonds. The van der Waals surface area contributed by atoms with Gasteiger partial charge in [-0.1, -0.05) is 42.3 Å². The van der Waals surface area contributed by atoms with Crippen molar-refractivity contribution in [2.75, 3.05) is 5.32 Å². The van der Waals surface area contributed by atoms with Gasteiger partial charge >= 0.3 is 0 Å². The molecule has 0 heterocycles. The molecule has 19 heavy (non-hydrogen) atoms. The second-order valence-corrected chi connectivity index (χ2v) is 5.15. The zero-order valence-electron chi connectivity index (χ0n) is 10.5. The molecule has 2 aromatic rings. The molecule has 100 valence electrons. The number of halogens is 3. The Morgan fingerprint density at radius 3 is 2.32 bits per heavy atom. The summed E-state index contributed by atoms with van der Waals surface area (Å²) in [5.41, 5.74) is 1.47. The lowest BCUT2D eigenvalue weighted by Gasteiger charge is -2.19. The fraction of sp³-hybridized carbons (Fsp3) is 0.200. The summed E-state index contributed by atoms with van der Waals surface area (Å²) in [5.74, 6) is -0.309. The third-order valence-corrected chi connectivity index (χ3v) is 3.43. The minimum absolute atomic E-state index is 0.0187. The van der Waals surface area contributed by atoms with E-state index < -0.39 is 0 Å². The smallest absolute Gasteiger partial charge is 0.146 e. The van der Waals surface area contributed by atoms with Crippen molar-refractivity contribution in [1.29, 1.82) is 0 Å². The molecule has 0 saturated carbocycles. The van der Waals surface area contributed by atoms with Gasteiger partial charge in [0, 0.05) is 10.0 Å². The third-order valence-electron chi connectivity index (χ3n) is 2.94. The Balaban J connectivity index is 2.23. The van der Waals surface area contributed by atoms with Gasteiger partial charge in [0.1, 0.15) is 5.82 Å². The van der Waals surface area contributed by atoms with Crippen LogP contribution in [0.15, 0.2) is 42.5 Å². The second kappa shape index (κ2) is 6.27. The maximum absolute atomic E-state index is 13.7. The Labute approximate surface area is 122 Å². The molecule has 1 N–H and O–H groups in total. The summed E-state index contributed by atoms with van der Waals surface area (Å²) in [5, 5.41) is 4.37. The average molecular weight is 298 g/mol. The van der Waals surface area contributed by atoms with E-state index in [1.54, 1.807) is 6.07 Å². The molecule has 2 rings (SSSR count). The molecule has 0 aliphatic heterocycles. The van der Waals surface area contributed by atoms with Gasteiger partial charge < -0.3 is 5.32 Å². The van der Waals surface area contributed by atoms with Crippen LogP contribution in [-0.4, -0.2) is 0 Å². The summed E-state index contributed by atoms with van der Waals surface area (Å²) in [6.07, 6.45) is 0.827. The van der Waals surface area contributed by atoms with Crippen molar-refractivity contribution in [2.24, 2.45) is 0 Å². The van der Waals surface area contributed by atoms with Crippen molar-refractivity contribution in [3.05, 3.63) is 63.9 Å². The summed E-state index contributed by atoms with van der Waals surface area (Å²) in [6.45, 7) is 2.04. The Kier molecular flexibility index (Phi) is 4.67. The number of rotatable bonds is 4. The lowest BCUT2D eigenvalue weighted by Crippen LogP contribution is -2.10. The Morgan fingerprint density at radius 2 is 1.68 bits per heavy atom. The molecule has 0 aliphatic carbocycles. The monoisotopic (exact) mass is 297 g/mol. The number of benzene rings is 2. The van der Waals surface area contributed by atoms with Gasteiger partial charge in [-0.05, 0) is 42.3 Å². The van der Waals surface area contributed by atoms with E-state index in [1.165, 1.54) is 12.1 Å². The van der Waals surface area contributed by atoms with Crippen LogP contribution in [0.25, 0.3) is 0 Å². The number of hydrogen-bond donors (Lipinski definition) is 1. The highest BCUT2D eigenvalue weighted by Gasteiger charge is 2.11. The SMILES string of the molecule is CCC(Nc1cc(Cl)ccc1F)c1ccc(Cl)cc1. The van der Waals surface area contributed by atoms with E-state index in [-0.39, 0.29) is 11.9 Å². The van der Waals surface area contributed by atoms with Crippen molar-refractivity contribution >= 4 is 28.9 Å². The first-order valence-corrected chi connectivity index (χ1v) is 6.82. The van der Waals surface area contributed by atoms with Crippen molar-refractivity contribution in [1.82, 2.24) is 0 Å². The molecular formula is C15H14Cl2FN. The lowest BCUT2D eigenvalue weighted by atomic mass is 10.0. The molecule has 0 aromatic heterocycles. The van der Waals surface area contributed by atoms with Gasteiger partial charge in [0.05, 0.1) is 11.7 Å². The van der Waals surface area contributed by atoms with Gasteiger partial charge in [-0.2, -0.15) is 0 Å². The van der Waals surface area contributed by atoms with Crippen LogP contribution >= 0.6 is 23.2 Å². The van der Waals surface area contributed by atoms with E-state index in [0.29, 0.717) is 15.7 Å². The van der Waals surface area contributed by atoms with Gasteiger partial charge in [-0.25, -0.2) is 4.39 Å². The first-order chi connectivity index (χ1) is 9.10. The number of nitrogens with one attached hydrogen (secondary N) is 1. The first-order valence-electron chi connectivity index (χ1n) is 6.07. The summed E-state index contributed by atoms with van der Waals surface area (Å²) < 4.78 is 13.7. The molecule has 1 unspecified atom stereocenters. The minimum atomic E-state index is -0.309. The summed E-state index contributed by atoms with van der Waals surface area (Å²) in [7, 11) is 0. The molecule has 0 radical (unpaired) electrons. The molecule has 0 bridgehead atoms. The maximum Gasteiger partial charge on any atom is 0.146 e. The largest absolute Gasteiger partial charge is 0.376 e. The Morgan fingerprint density at radius 1 is 1.05 bits per heavy atom. The van der Waals surface area contributed by atoms with Crippen LogP contribution < -0.4 is 5.32 Å². The average Bonchev–Trinajstić information content (AvgIpc) is 2.41. The summed E-state index contributed by atoms with van der Waals surface area (Å²) in [4.78, 5) is 0. The van der Waals surface area contributed by atoms with Crippen LogP contribution in [0, 0.1) is 5.82 Å². The normalized spacial score (nSPS) is 12.2. The van der Waals surface area contributed by atoms with Gasteiger partial charge in [0.25, 0.3) is 0 Å². The molecule has 0 spiro atoms. The highest BCUT2D eigenvalue weighted by molar-refractivity contribution is 6.31. The van der Waals surface area contributed by atoms with Crippen LogP contribution in [0.4, 0.5) is 10.1 Å². The van der Waals surface area contributed by atoms with Gasteiger partial charge in [-0.3, -0.25) is 0 Å². The van der Waals surface area contributed by atoms with E-state index in [4.69, 9.17) is 23.2 Å². The molecular weight excluding hydrogens is 284 g/mol. The summed E-state index contributed by atoms with van der Waals surface area (Å²) in [6, 6.07) is 12.0. The van der Waals surface area contributed by atoms with Crippen LogP contribution in [0.2, 0.25) is 10.0 Å². The fourth-order valence-electron chi connectivity index (χ4n) is 1.91. The van der Waals surface area contributed by atoms with Crippen LogP contribution in [-0.2, 0) is 0 Å². The highest BCUT2D eigenvalue weighted by atomic mass is 35.5. The van der Waals surface area contributed by atoms with Crippen molar-refractivity contribution in [3.63, 3.8) is 0 Å². The topological polar surface area (TPSA) is 12.0 Å². The maximum atomic E-state index is 13.7. The quantitative estimate of drug-likeness (QED) is 0.764. The van der Waals surface area contributed by atoms with Crippen molar-refractivity contribution in [2.45, 2.75) is 19.4 Å². The van der Waals surface area contributed by atoms with Gasteiger partial charge in [0.15, 0.2) is 0 Å². The second-order valence-electron chi connectivity index (χ2n) is 4.28. The Bertz CT molecular complexity index is 555. The molecule has 4 heteroatoms. The van der Waals surface area contributed by atoms with Crippen LogP contribution in [0.1, 0.15) is 24.9 Å². The van der Waals surface area contributed by atoms with Crippen LogP contribution in [0.3, 0.4) is 0 Å². The van der Waals surface area contributed by atoms with E-state index in [9.17, 15) is 4.39 Å². The minimum Gasteiger partial charge on any atom is -0.376 e. The lowest BCUT2D eigenvalue weighted by molar-refractivity contribution is 0.624.